The Morgan fingerprint density at radius 1 is 0.789 bits per heavy atom. The van der Waals surface area contributed by atoms with Crippen LogP contribution in [0.2, 0.25) is 0 Å². The molecule has 7 heteroatoms. The van der Waals surface area contributed by atoms with Crippen LogP contribution < -0.4 is 14.8 Å². The number of hydrogen-bond donors (Lipinski definition) is 2. The Bertz CT molecular complexity index is 1340. The van der Waals surface area contributed by atoms with Crippen LogP contribution in [0.25, 0.3) is 0 Å². The van der Waals surface area contributed by atoms with Crippen molar-refractivity contribution in [3.63, 3.8) is 0 Å². The number of halogens is 1. The van der Waals surface area contributed by atoms with E-state index >= 15 is 0 Å². The van der Waals surface area contributed by atoms with Crippen LogP contribution in [0, 0.1) is 5.82 Å². The van der Waals surface area contributed by atoms with E-state index in [-0.39, 0.29) is 31.2 Å². The molecule has 0 saturated heterocycles. The molecule has 1 atom stereocenters. The smallest absolute Gasteiger partial charge is 0.305 e. The van der Waals surface area contributed by atoms with Crippen molar-refractivity contribution in [2.45, 2.75) is 31.9 Å². The molecule has 0 aromatic heterocycles. The molecule has 0 radical (unpaired) electrons. The Morgan fingerprint density at radius 2 is 1.47 bits per heavy atom. The van der Waals surface area contributed by atoms with Crippen LogP contribution in [0.5, 0.6) is 17.2 Å². The minimum absolute atomic E-state index is 0.205. The van der Waals surface area contributed by atoms with Crippen molar-refractivity contribution in [1.82, 2.24) is 5.32 Å². The molecule has 0 unspecified atom stereocenters. The zero-order chi connectivity index (χ0) is 26.7. The molecule has 194 valence electrons. The maximum atomic E-state index is 13.1. The molecule has 2 N–H and O–H groups in total. The molecule has 4 aromatic rings. The Balaban J connectivity index is 1.33. The highest BCUT2D eigenvalue weighted by Gasteiger charge is 2.18. The van der Waals surface area contributed by atoms with Crippen molar-refractivity contribution in [1.29, 1.82) is 0 Å². The second kappa shape index (κ2) is 13.1. The number of rotatable bonds is 12. The number of carbonyl (C=O) groups excluding carboxylic acids is 1. The summed E-state index contributed by atoms with van der Waals surface area (Å²) in [5, 5.41) is 12.2. The lowest BCUT2D eigenvalue weighted by atomic mass is 10.0. The third-order valence-corrected chi connectivity index (χ3v) is 5.83. The first-order valence-electron chi connectivity index (χ1n) is 12.2. The summed E-state index contributed by atoms with van der Waals surface area (Å²) in [5.41, 5.74) is 2.61. The van der Waals surface area contributed by atoms with Gasteiger partial charge in [0.05, 0.1) is 12.5 Å². The average molecular weight is 514 g/mol. The fourth-order valence-corrected chi connectivity index (χ4v) is 3.90. The fourth-order valence-electron chi connectivity index (χ4n) is 3.90. The van der Waals surface area contributed by atoms with Crippen molar-refractivity contribution in [2.24, 2.45) is 0 Å². The van der Waals surface area contributed by atoms with E-state index in [1.165, 1.54) is 12.1 Å². The van der Waals surface area contributed by atoms with Gasteiger partial charge in [-0.05, 0) is 71.6 Å². The SMILES string of the molecule is O=C(O)C[C@H](NC(=O)CCc1ccccc1)c1ccc(OCc2cccc(Oc3ccc(F)cc3)c2)cc1. The Labute approximate surface area is 220 Å². The zero-order valence-corrected chi connectivity index (χ0v) is 20.7. The third kappa shape index (κ3) is 8.20. The van der Waals surface area contributed by atoms with Crippen LogP contribution in [-0.2, 0) is 22.6 Å². The van der Waals surface area contributed by atoms with Crippen molar-refractivity contribution < 1.29 is 28.6 Å². The molecule has 0 saturated carbocycles. The fraction of sp³-hybridized carbons (Fsp3) is 0.161. The molecule has 6 nitrogen and oxygen atoms in total. The lowest BCUT2D eigenvalue weighted by Crippen LogP contribution is -2.30. The summed E-state index contributed by atoms with van der Waals surface area (Å²) in [4.78, 5) is 23.9. The largest absolute Gasteiger partial charge is 0.489 e. The van der Waals surface area contributed by atoms with Crippen LogP contribution in [-0.4, -0.2) is 17.0 Å². The predicted molar refractivity (Wildman–Crippen MR) is 142 cm³/mol. The van der Waals surface area contributed by atoms with Crippen LogP contribution in [0.4, 0.5) is 4.39 Å². The maximum Gasteiger partial charge on any atom is 0.305 e. The first-order valence-corrected chi connectivity index (χ1v) is 12.2. The van der Waals surface area contributed by atoms with Gasteiger partial charge in [-0.3, -0.25) is 9.59 Å². The maximum absolute atomic E-state index is 13.1. The van der Waals surface area contributed by atoms with Gasteiger partial charge in [0.15, 0.2) is 0 Å². The predicted octanol–water partition coefficient (Wildman–Crippen LogP) is 6.46. The highest BCUT2D eigenvalue weighted by Crippen LogP contribution is 2.25. The van der Waals surface area contributed by atoms with Gasteiger partial charge in [0.1, 0.15) is 29.7 Å². The molecule has 0 bridgehead atoms. The molecule has 4 aromatic carbocycles. The summed E-state index contributed by atoms with van der Waals surface area (Å²) < 4.78 is 24.8. The molecule has 0 aliphatic rings. The van der Waals surface area contributed by atoms with E-state index in [9.17, 15) is 19.1 Å². The summed E-state index contributed by atoms with van der Waals surface area (Å²) in [6, 6.07) is 29.2. The number of hydrogen-bond acceptors (Lipinski definition) is 4. The van der Waals surface area contributed by atoms with Gasteiger partial charge in [0.25, 0.3) is 0 Å². The van der Waals surface area contributed by atoms with Crippen molar-refractivity contribution in [3.8, 4) is 17.2 Å². The number of ether oxygens (including phenoxy) is 2. The van der Waals surface area contributed by atoms with Gasteiger partial charge in [-0.2, -0.15) is 0 Å². The number of aryl methyl sites for hydroxylation is 1. The Morgan fingerprint density at radius 3 is 2.18 bits per heavy atom. The Hall–Kier alpha value is -4.65. The van der Waals surface area contributed by atoms with Gasteiger partial charge < -0.3 is 19.9 Å². The van der Waals surface area contributed by atoms with E-state index in [1.54, 1.807) is 42.5 Å². The van der Waals surface area contributed by atoms with E-state index < -0.39 is 12.0 Å². The summed E-state index contributed by atoms with van der Waals surface area (Å²) in [6.07, 6.45) is 0.624. The number of benzene rings is 4. The summed E-state index contributed by atoms with van der Waals surface area (Å²) in [7, 11) is 0. The third-order valence-electron chi connectivity index (χ3n) is 5.83. The van der Waals surface area contributed by atoms with Crippen LogP contribution in [0.1, 0.15) is 35.6 Å². The molecule has 0 fully saturated rings. The van der Waals surface area contributed by atoms with Crippen molar-refractivity contribution in [3.05, 3.63) is 126 Å². The monoisotopic (exact) mass is 513 g/mol. The average Bonchev–Trinajstić information content (AvgIpc) is 2.92. The first kappa shape index (κ1) is 26.4. The molecule has 38 heavy (non-hydrogen) atoms. The van der Waals surface area contributed by atoms with Crippen LogP contribution >= 0.6 is 0 Å². The number of amides is 1. The molecule has 0 aliphatic heterocycles. The second-order valence-corrected chi connectivity index (χ2v) is 8.76. The minimum atomic E-state index is -0.999. The second-order valence-electron chi connectivity index (χ2n) is 8.76. The molecule has 0 spiro atoms. The van der Waals surface area contributed by atoms with Crippen molar-refractivity contribution >= 4 is 11.9 Å². The first-order chi connectivity index (χ1) is 18.4. The van der Waals surface area contributed by atoms with E-state index in [2.05, 4.69) is 5.32 Å². The van der Waals surface area contributed by atoms with Crippen LogP contribution in [0.3, 0.4) is 0 Å². The molecule has 0 heterocycles. The van der Waals surface area contributed by atoms with Crippen molar-refractivity contribution in [2.75, 3.05) is 0 Å². The quantitative estimate of drug-likeness (QED) is 0.227. The van der Waals surface area contributed by atoms with Gasteiger partial charge in [-0.15, -0.1) is 0 Å². The highest BCUT2D eigenvalue weighted by molar-refractivity contribution is 5.78. The van der Waals surface area contributed by atoms with Crippen LogP contribution in [0.15, 0.2) is 103 Å². The van der Waals surface area contributed by atoms with Gasteiger partial charge in [-0.1, -0.05) is 54.6 Å². The highest BCUT2D eigenvalue weighted by atomic mass is 19.1. The summed E-state index contributed by atoms with van der Waals surface area (Å²) >= 11 is 0. The normalized spacial score (nSPS) is 11.4. The summed E-state index contributed by atoms with van der Waals surface area (Å²) in [6.45, 7) is 0.286. The number of nitrogens with one attached hydrogen (secondary N) is 1. The molecule has 1 amide bonds. The number of carboxylic acid groups (broad SMARTS) is 1. The number of carboxylic acids is 1. The topological polar surface area (TPSA) is 84.9 Å². The molecule has 0 aliphatic carbocycles. The van der Waals surface area contributed by atoms with Gasteiger partial charge in [0, 0.05) is 6.42 Å². The minimum Gasteiger partial charge on any atom is -0.489 e. The van der Waals surface area contributed by atoms with E-state index in [0.29, 0.717) is 29.2 Å². The molecular weight excluding hydrogens is 485 g/mol. The van der Waals surface area contributed by atoms with Gasteiger partial charge in [0.2, 0.25) is 5.91 Å². The van der Waals surface area contributed by atoms with E-state index in [4.69, 9.17) is 9.47 Å². The summed E-state index contributed by atoms with van der Waals surface area (Å²) in [5.74, 6) is 0.202. The zero-order valence-electron chi connectivity index (χ0n) is 20.7. The molecule has 4 rings (SSSR count). The lowest BCUT2D eigenvalue weighted by Gasteiger charge is -2.18. The number of aliphatic carboxylic acids is 1. The lowest BCUT2D eigenvalue weighted by molar-refractivity contribution is -0.137. The standard InChI is InChI=1S/C31H28FNO5/c32-25-12-16-27(17-13-25)38-28-8-4-7-23(19-28)21-37-26-14-10-24(11-15-26)29(20-31(35)36)33-30(34)18-9-22-5-2-1-3-6-22/h1-8,10-17,19,29H,9,18,20-21H2,(H,33,34)(H,35,36)/t29-/m0/s1. The van der Waals surface area contributed by atoms with E-state index in [0.717, 1.165) is 11.1 Å². The molecular formula is C31H28FNO5. The van der Waals surface area contributed by atoms with E-state index in [1.807, 2.05) is 48.5 Å². The van der Waals surface area contributed by atoms with Gasteiger partial charge in [-0.25, -0.2) is 4.39 Å². The number of carbonyl (C=O) groups is 2. The Kier molecular flexibility index (Phi) is 9.07. The van der Waals surface area contributed by atoms with Gasteiger partial charge >= 0.3 is 5.97 Å².